The Morgan fingerprint density at radius 2 is 1.82 bits per heavy atom. The second kappa shape index (κ2) is 11.1. The lowest BCUT2D eigenvalue weighted by molar-refractivity contribution is -0.148. The molecule has 13 heteroatoms. The predicted octanol–water partition coefficient (Wildman–Crippen LogP) is 5.69. The van der Waals surface area contributed by atoms with Gasteiger partial charge in [-0.1, -0.05) is 51.3 Å². The molecule has 9 nitrogen and oxygen atoms in total. The number of amides is 1. The minimum Gasteiger partial charge on any atom is -0.465 e. The summed E-state index contributed by atoms with van der Waals surface area (Å²) in [7, 11) is -4.28. The number of halogens is 3. The molecular formula is C27H27BrCl2N4O5S. The molecule has 3 aromatic rings. The summed E-state index contributed by atoms with van der Waals surface area (Å²) in [5, 5.41) is 0.448. The van der Waals surface area contributed by atoms with Crippen molar-refractivity contribution in [2.45, 2.75) is 56.1 Å². The molecule has 5 rings (SSSR count). The van der Waals surface area contributed by atoms with Crippen LogP contribution in [0.3, 0.4) is 0 Å². The van der Waals surface area contributed by atoms with Crippen LogP contribution in [0.25, 0.3) is 0 Å². The quantitative estimate of drug-likeness (QED) is 0.300. The van der Waals surface area contributed by atoms with E-state index in [9.17, 15) is 18.0 Å². The zero-order chi connectivity index (χ0) is 28.8. The van der Waals surface area contributed by atoms with Gasteiger partial charge in [0.05, 0.1) is 18.5 Å². The Hall–Kier alpha value is -2.44. The minimum atomic E-state index is -4.28. The van der Waals surface area contributed by atoms with Crippen LogP contribution in [-0.4, -0.2) is 53.3 Å². The second-order valence-corrected chi connectivity index (χ2v) is 13.6. The summed E-state index contributed by atoms with van der Waals surface area (Å²) in [5.41, 5.74) is -0.206. The number of carbonyl (C=O) groups is 2. The number of benzene rings is 2. The van der Waals surface area contributed by atoms with Crippen molar-refractivity contribution in [3.63, 3.8) is 0 Å². The molecule has 0 saturated carbocycles. The fourth-order valence-electron chi connectivity index (χ4n) is 5.40. The number of ether oxygens (including phenoxy) is 1. The first-order valence-corrected chi connectivity index (χ1v) is 15.8. The lowest BCUT2D eigenvalue weighted by atomic mass is 9.92. The van der Waals surface area contributed by atoms with Crippen LogP contribution in [0.1, 0.15) is 38.7 Å². The summed E-state index contributed by atoms with van der Waals surface area (Å²) < 4.78 is 37.2. The Morgan fingerprint density at radius 3 is 2.48 bits per heavy atom. The van der Waals surface area contributed by atoms with Gasteiger partial charge in [0.2, 0.25) is 5.95 Å². The van der Waals surface area contributed by atoms with Crippen LogP contribution in [0.4, 0.5) is 11.6 Å². The van der Waals surface area contributed by atoms with Crippen LogP contribution in [0, 0.1) is 0 Å². The molecule has 0 spiro atoms. The van der Waals surface area contributed by atoms with E-state index in [1.54, 1.807) is 32.0 Å². The molecule has 0 aliphatic carbocycles. The number of aromatic nitrogens is 2. The van der Waals surface area contributed by atoms with E-state index >= 15 is 0 Å². The molecule has 40 heavy (non-hydrogen) atoms. The first-order valence-electron chi connectivity index (χ1n) is 12.8. The highest BCUT2D eigenvalue weighted by Crippen LogP contribution is 2.45. The molecule has 2 aliphatic rings. The lowest BCUT2D eigenvalue weighted by Crippen LogP contribution is -2.50. The smallest absolute Gasteiger partial charge is 0.324 e. The Kier molecular flexibility index (Phi) is 8.06. The highest BCUT2D eigenvalue weighted by molar-refractivity contribution is 9.10. The first kappa shape index (κ1) is 29.1. The summed E-state index contributed by atoms with van der Waals surface area (Å²) in [6, 6.07) is 11.2. The molecule has 1 fully saturated rings. The van der Waals surface area contributed by atoms with Gasteiger partial charge >= 0.3 is 5.97 Å². The molecule has 0 radical (unpaired) electrons. The second-order valence-electron chi connectivity index (χ2n) is 9.96. The fraction of sp³-hybridized carbons (Fsp3) is 0.370. The number of imidazole rings is 1. The van der Waals surface area contributed by atoms with Crippen LogP contribution in [0.5, 0.6) is 0 Å². The highest BCUT2D eigenvalue weighted by Gasteiger charge is 2.53. The van der Waals surface area contributed by atoms with Crippen molar-refractivity contribution in [2.75, 3.05) is 18.1 Å². The molecule has 2 aromatic carbocycles. The van der Waals surface area contributed by atoms with Crippen LogP contribution in [0.2, 0.25) is 10.0 Å². The number of fused-ring (bicyclic) bond motifs is 1. The van der Waals surface area contributed by atoms with Gasteiger partial charge in [0, 0.05) is 27.5 Å². The Labute approximate surface area is 251 Å². The summed E-state index contributed by atoms with van der Waals surface area (Å²) in [5.74, 6) is -0.865. The van der Waals surface area contributed by atoms with Crippen molar-refractivity contribution >= 4 is 72.7 Å². The van der Waals surface area contributed by atoms with Gasteiger partial charge in [-0.2, -0.15) is 4.31 Å². The van der Waals surface area contributed by atoms with Crippen molar-refractivity contribution in [1.29, 1.82) is 0 Å². The molecule has 0 N–H and O–H groups in total. The van der Waals surface area contributed by atoms with Gasteiger partial charge in [-0.15, -0.1) is 0 Å². The fourth-order valence-corrected chi connectivity index (χ4v) is 8.02. The van der Waals surface area contributed by atoms with Gasteiger partial charge in [0.1, 0.15) is 11.6 Å². The average molecular weight is 670 g/mol. The zero-order valence-corrected chi connectivity index (χ0v) is 25.7. The van der Waals surface area contributed by atoms with Crippen molar-refractivity contribution in [3.8, 4) is 0 Å². The van der Waals surface area contributed by atoms with Crippen LogP contribution in [0.15, 0.2) is 58.2 Å². The number of rotatable bonds is 7. The predicted molar refractivity (Wildman–Crippen MR) is 155 cm³/mol. The summed E-state index contributed by atoms with van der Waals surface area (Å²) in [6.07, 6.45) is 3.06. The Bertz CT molecular complexity index is 1560. The summed E-state index contributed by atoms with van der Waals surface area (Å²) in [4.78, 5) is 32.8. The number of esters is 1. The van der Waals surface area contributed by atoms with Gasteiger partial charge in [-0.3, -0.25) is 14.2 Å². The number of hydrogen-bond donors (Lipinski definition) is 0. The molecule has 0 bridgehead atoms. The van der Waals surface area contributed by atoms with Crippen LogP contribution < -0.4 is 4.90 Å². The molecule has 3 heterocycles. The third-order valence-corrected chi connectivity index (χ3v) is 10.1. The molecular weight excluding hydrogens is 643 g/mol. The average Bonchev–Trinajstić information content (AvgIpc) is 3.43. The van der Waals surface area contributed by atoms with E-state index < -0.39 is 33.5 Å². The van der Waals surface area contributed by atoms with E-state index in [1.165, 1.54) is 20.0 Å². The zero-order valence-electron chi connectivity index (χ0n) is 21.8. The van der Waals surface area contributed by atoms with E-state index in [1.807, 2.05) is 24.3 Å². The number of anilines is 2. The maximum absolute atomic E-state index is 14.2. The number of nitrogens with zero attached hydrogens (tertiary/aromatic N) is 4. The monoisotopic (exact) mass is 668 g/mol. The van der Waals surface area contributed by atoms with E-state index in [2.05, 4.69) is 20.9 Å². The maximum atomic E-state index is 14.2. The van der Waals surface area contributed by atoms with Crippen molar-refractivity contribution in [3.05, 3.63) is 68.7 Å². The first-order chi connectivity index (χ1) is 19.0. The SMILES string of the molecule is CCOC(=O)C1CCCCN1S(=O)(=O)c1cnc2n1C(C)(Cc1ccc(Br)cc1)C(=O)N2c1cc(Cl)cc(Cl)c1. The topological polar surface area (TPSA) is 102 Å². The third-order valence-electron chi connectivity index (χ3n) is 7.22. The van der Waals surface area contributed by atoms with Crippen LogP contribution in [-0.2, 0) is 36.3 Å². The summed E-state index contributed by atoms with van der Waals surface area (Å²) in [6.45, 7) is 3.66. The van der Waals surface area contributed by atoms with Gasteiger partial charge < -0.3 is 4.74 Å². The normalized spacial score (nSPS) is 21.5. The molecule has 1 amide bonds. The van der Waals surface area contributed by atoms with Gasteiger partial charge in [0.25, 0.3) is 15.9 Å². The van der Waals surface area contributed by atoms with E-state index in [0.29, 0.717) is 35.0 Å². The lowest BCUT2D eigenvalue weighted by Gasteiger charge is -2.34. The van der Waals surface area contributed by atoms with E-state index in [4.69, 9.17) is 27.9 Å². The molecule has 1 saturated heterocycles. The van der Waals surface area contributed by atoms with Gasteiger partial charge in [-0.25, -0.2) is 18.3 Å². The molecule has 2 atom stereocenters. The number of hydrogen-bond acceptors (Lipinski definition) is 6. The number of piperidine rings is 1. The van der Waals surface area contributed by atoms with Gasteiger partial charge in [0.15, 0.2) is 5.03 Å². The van der Waals surface area contributed by atoms with E-state index in [0.717, 1.165) is 10.0 Å². The summed E-state index contributed by atoms with van der Waals surface area (Å²) >= 11 is 16.0. The molecule has 1 aromatic heterocycles. The molecule has 212 valence electrons. The Balaban J connectivity index is 1.67. The number of sulfonamides is 1. The molecule has 2 unspecified atom stereocenters. The van der Waals surface area contributed by atoms with Crippen molar-refractivity contribution in [1.82, 2.24) is 13.9 Å². The minimum absolute atomic E-state index is 0.117. The standard InChI is InChI=1S/C27H27BrCl2N4O5S/c1-3-39-24(35)22-6-4-5-11-32(22)40(37,38)23-16-31-26-33(21-13-19(29)12-20(30)14-21)25(36)27(2,34(23)26)15-17-7-9-18(28)10-8-17/h7-10,12-14,16,22H,3-6,11,15H2,1-2H3. The highest BCUT2D eigenvalue weighted by atomic mass is 79.9. The maximum Gasteiger partial charge on any atom is 0.324 e. The van der Waals surface area contributed by atoms with E-state index in [-0.39, 0.29) is 30.5 Å². The van der Waals surface area contributed by atoms with Crippen molar-refractivity contribution in [2.24, 2.45) is 0 Å². The molecule has 2 aliphatic heterocycles. The van der Waals surface area contributed by atoms with Gasteiger partial charge in [-0.05, 0) is 69.0 Å². The van der Waals surface area contributed by atoms with Crippen molar-refractivity contribution < 1.29 is 22.7 Å². The third kappa shape index (κ3) is 5.07. The van der Waals surface area contributed by atoms with Crippen LogP contribution >= 0.6 is 39.1 Å². The largest absolute Gasteiger partial charge is 0.465 e. The Morgan fingerprint density at radius 1 is 1.15 bits per heavy atom. The number of carbonyl (C=O) groups excluding carboxylic acids is 2.